The van der Waals surface area contributed by atoms with Crippen molar-refractivity contribution in [3.8, 4) is 22.3 Å². The van der Waals surface area contributed by atoms with Crippen LogP contribution >= 0.6 is 11.3 Å². The molecule has 0 aliphatic rings. The third-order valence-electron chi connectivity index (χ3n) is 4.39. The predicted octanol–water partition coefficient (Wildman–Crippen LogP) is 3.08. The molecule has 142 valence electrons. The van der Waals surface area contributed by atoms with Crippen molar-refractivity contribution in [3.05, 3.63) is 65.6 Å². The monoisotopic (exact) mass is 402 g/mol. The number of amides is 1. The van der Waals surface area contributed by atoms with Crippen LogP contribution in [0.1, 0.15) is 9.67 Å². The minimum atomic E-state index is -0.265. The van der Waals surface area contributed by atoms with Crippen LogP contribution in [0.15, 0.2) is 60.8 Å². The first-order valence-electron chi connectivity index (χ1n) is 8.62. The summed E-state index contributed by atoms with van der Waals surface area (Å²) in [6.45, 7) is 0. The zero-order chi connectivity index (χ0) is 19.8. The summed E-state index contributed by atoms with van der Waals surface area (Å²) in [6, 6.07) is 5.21. The Morgan fingerprint density at radius 2 is 2.10 bits per heavy atom. The van der Waals surface area contributed by atoms with Crippen molar-refractivity contribution in [2.45, 2.75) is 0 Å². The van der Waals surface area contributed by atoms with Crippen LogP contribution in [0, 0.1) is 0 Å². The maximum absolute atomic E-state index is 12.5. The van der Waals surface area contributed by atoms with Crippen molar-refractivity contribution >= 4 is 34.4 Å². The van der Waals surface area contributed by atoms with Gasteiger partial charge in [0.2, 0.25) is 0 Å². The molecule has 5 aromatic rings. The third kappa shape index (κ3) is 3.11. The average molecular weight is 402 g/mol. The largest absolute Gasteiger partial charge is 0.396 e. The van der Waals surface area contributed by atoms with Gasteiger partial charge >= 0.3 is 0 Å². The molecule has 5 heterocycles. The Kier molecular flexibility index (Phi) is 4.03. The smallest absolute Gasteiger partial charge is 0.266 e. The summed E-state index contributed by atoms with van der Waals surface area (Å²) in [5, 5.41) is 15.8. The summed E-state index contributed by atoms with van der Waals surface area (Å²) >= 11 is 1.33. The minimum absolute atomic E-state index is 0.265. The molecule has 1 amide bonds. The van der Waals surface area contributed by atoms with Gasteiger partial charge in [-0.2, -0.15) is 10.2 Å². The van der Waals surface area contributed by atoms with Crippen molar-refractivity contribution in [3.63, 3.8) is 0 Å². The van der Waals surface area contributed by atoms with Crippen LogP contribution in [0.25, 0.3) is 27.9 Å². The Bertz CT molecular complexity index is 1320. The predicted molar refractivity (Wildman–Crippen MR) is 110 cm³/mol. The highest BCUT2D eigenvalue weighted by Gasteiger charge is 2.15. The van der Waals surface area contributed by atoms with E-state index in [4.69, 9.17) is 5.73 Å². The number of nitrogens with zero attached hydrogens (tertiary/aromatic N) is 5. The molecule has 9 nitrogen and oxygen atoms in total. The number of pyridine rings is 1. The summed E-state index contributed by atoms with van der Waals surface area (Å²) in [5.41, 5.74) is 10.5. The number of fused-ring (bicyclic) bond motifs is 1. The SMILES string of the molecule is Nc1cccnc1NC(=O)c1cc(-c2cnn3cc(-c4cn[nH]c4)cnc23)cs1. The van der Waals surface area contributed by atoms with E-state index in [9.17, 15) is 4.79 Å². The van der Waals surface area contributed by atoms with Crippen LogP contribution in [-0.2, 0) is 0 Å². The highest BCUT2D eigenvalue weighted by Crippen LogP contribution is 2.30. The fraction of sp³-hybridized carbons (Fsp3) is 0. The van der Waals surface area contributed by atoms with E-state index in [0.717, 1.165) is 22.3 Å². The number of thiophene rings is 1. The number of aromatic nitrogens is 6. The Labute approximate surface area is 168 Å². The highest BCUT2D eigenvalue weighted by atomic mass is 32.1. The lowest BCUT2D eigenvalue weighted by Gasteiger charge is -2.04. The van der Waals surface area contributed by atoms with Crippen LogP contribution in [-0.4, -0.2) is 35.7 Å². The molecule has 29 heavy (non-hydrogen) atoms. The molecule has 0 aliphatic heterocycles. The van der Waals surface area contributed by atoms with Gasteiger partial charge in [-0.3, -0.25) is 9.89 Å². The first-order chi connectivity index (χ1) is 14.2. The number of aromatic amines is 1. The quantitative estimate of drug-likeness (QED) is 0.424. The Hall–Kier alpha value is -4.05. The van der Waals surface area contributed by atoms with Crippen molar-refractivity contribution < 1.29 is 4.79 Å². The molecule has 0 atom stereocenters. The van der Waals surface area contributed by atoms with Crippen molar-refractivity contribution in [1.29, 1.82) is 0 Å². The van der Waals surface area contributed by atoms with Gasteiger partial charge < -0.3 is 11.1 Å². The van der Waals surface area contributed by atoms with E-state index in [1.54, 1.807) is 47.6 Å². The fourth-order valence-corrected chi connectivity index (χ4v) is 3.73. The van der Waals surface area contributed by atoms with Gasteiger partial charge in [0, 0.05) is 41.5 Å². The van der Waals surface area contributed by atoms with Gasteiger partial charge in [0.1, 0.15) is 0 Å². The van der Waals surface area contributed by atoms with Crippen molar-refractivity contribution in [1.82, 2.24) is 29.8 Å². The number of carbonyl (C=O) groups excluding carboxylic acids is 1. The number of anilines is 2. The lowest BCUT2D eigenvalue weighted by molar-refractivity contribution is 0.103. The van der Waals surface area contributed by atoms with Gasteiger partial charge in [0.25, 0.3) is 5.91 Å². The maximum Gasteiger partial charge on any atom is 0.266 e. The third-order valence-corrected chi connectivity index (χ3v) is 5.32. The van der Waals surface area contributed by atoms with Gasteiger partial charge in [-0.05, 0) is 29.1 Å². The molecule has 0 saturated carbocycles. The Morgan fingerprint density at radius 3 is 2.93 bits per heavy atom. The molecule has 10 heteroatoms. The number of nitrogen functional groups attached to an aromatic ring is 1. The van der Waals surface area contributed by atoms with E-state index in [-0.39, 0.29) is 5.91 Å². The van der Waals surface area contributed by atoms with Gasteiger partial charge in [-0.1, -0.05) is 0 Å². The van der Waals surface area contributed by atoms with E-state index in [0.29, 0.717) is 22.0 Å². The lowest BCUT2D eigenvalue weighted by Crippen LogP contribution is -2.12. The molecule has 0 spiro atoms. The van der Waals surface area contributed by atoms with Crippen LogP contribution in [0.5, 0.6) is 0 Å². The molecule has 0 radical (unpaired) electrons. The summed E-state index contributed by atoms with van der Waals surface area (Å²) < 4.78 is 1.71. The minimum Gasteiger partial charge on any atom is -0.396 e. The van der Waals surface area contributed by atoms with Crippen molar-refractivity contribution in [2.75, 3.05) is 11.1 Å². The van der Waals surface area contributed by atoms with Crippen LogP contribution in [0.4, 0.5) is 11.5 Å². The standard InChI is InChI=1S/C19H14N8OS/c20-15-2-1-3-21-17(15)26-19(28)16-4-11(10-29-16)14-8-25-27-9-13(5-22-18(14)27)12-6-23-24-7-12/h1-10H,20H2,(H,23,24)(H,21,26,28). The zero-order valence-corrected chi connectivity index (χ0v) is 15.7. The molecule has 0 aromatic carbocycles. The second-order valence-electron chi connectivity index (χ2n) is 6.25. The van der Waals surface area contributed by atoms with E-state index >= 15 is 0 Å². The molecule has 5 aromatic heterocycles. The van der Waals surface area contributed by atoms with Crippen molar-refractivity contribution in [2.24, 2.45) is 0 Å². The fourth-order valence-electron chi connectivity index (χ4n) is 2.92. The summed E-state index contributed by atoms with van der Waals surface area (Å²) in [6.07, 6.45) is 10.5. The van der Waals surface area contributed by atoms with Gasteiger partial charge in [-0.25, -0.2) is 14.5 Å². The first-order valence-corrected chi connectivity index (χ1v) is 9.50. The second kappa shape index (κ2) is 6.84. The molecule has 0 fully saturated rings. The Balaban J connectivity index is 1.43. The lowest BCUT2D eigenvalue weighted by atomic mass is 10.1. The number of nitrogens with one attached hydrogen (secondary N) is 2. The molecule has 0 unspecified atom stereocenters. The first kappa shape index (κ1) is 17.1. The van der Waals surface area contributed by atoms with E-state index < -0.39 is 0 Å². The van der Waals surface area contributed by atoms with Crippen LogP contribution < -0.4 is 11.1 Å². The number of carbonyl (C=O) groups is 1. The number of hydrogen-bond donors (Lipinski definition) is 3. The van der Waals surface area contributed by atoms with Crippen LogP contribution in [0.2, 0.25) is 0 Å². The topological polar surface area (TPSA) is 127 Å². The van der Waals surface area contributed by atoms with E-state index in [1.807, 2.05) is 17.6 Å². The molecule has 0 aliphatic carbocycles. The summed E-state index contributed by atoms with van der Waals surface area (Å²) in [7, 11) is 0. The zero-order valence-electron chi connectivity index (χ0n) is 14.9. The number of nitrogens with two attached hydrogens (primary N) is 1. The molecule has 0 bridgehead atoms. The summed E-state index contributed by atoms with van der Waals surface area (Å²) in [4.78, 5) is 21.7. The van der Waals surface area contributed by atoms with Gasteiger partial charge in [0.15, 0.2) is 11.5 Å². The van der Waals surface area contributed by atoms with Crippen LogP contribution in [0.3, 0.4) is 0 Å². The number of H-pyrrole nitrogens is 1. The van der Waals surface area contributed by atoms with E-state index in [1.165, 1.54) is 11.3 Å². The second-order valence-corrected chi connectivity index (χ2v) is 7.16. The number of rotatable bonds is 4. The maximum atomic E-state index is 12.5. The molecular weight excluding hydrogens is 388 g/mol. The summed E-state index contributed by atoms with van der Waals surface area (Å²) in [5.74, 6) is 0.0789. The molecule has 5 rings (SSSR count). The van der Waals surface area contributed by atoms with E-state index in [2.05, 4.69) is 30.6 Å². The highest BCUT2D eigenvalue weighted by molar-refractivity contribution is 7.12. The van der Waals surface area contributed by atoms with Gasteiger partial charge in [0.05, 0.1) is 23.0 Å². The number of hydrogen-bond acceptors (Lipinski definition) is 7. The molecule has 0 saturated heterocycles. The Morgan fingerprint density at radius 1 is 1.17 bits per heavy atom. The molecular formula is C19H14N8OS. The van der Waals surface area contributed by atoms with Gasteiger partial charge in [-0.15, -0.1) is 11.3 Å². The normalized spacial score (nSPS) is 11.0. The average Bonchev–Trinajstić information content (AvgIpc) is 3.49. The molecule has 4 N–H and O–H groups in total.